The fraction of sp³-hybridized carbons (Fsp3) is 0.0149. The molecule has 0 spiro atoms. The average Bonchev–Trinajstić information content (AvgIpc) is 3.44. The van der Waals surface area contributed by atoms with Crippen molar-refractivity contribution in [2.75, 3.05) is 9.80 Å². The number of benzene rings is 11. The first-order valence-electron chi connectivity index (χ1n) is 23.7. The molecule has 0 saturated heterocycles. The van der Waals surface area contributed by atoms with E-state index >= 15 is 0 Å². The molecule has 0 aliphatic heterocycles. The van der Waals surface area contributed by atoms with Crippen LogP contribution in [0.2, 0.25) is 0 Å². The average molecular weight is 883 g/mol. The van der Waals surface area contributed by atoms with Crippen molar-refractivity contribution in [3.05, 3.63) is 326 Å². The summed E-state index contributed by atoms with van der Waals surface area (Å²) in [5.74, 6) is 0. The summed E-state index contributed by atoms with van der Waals surface area (Å²) in [4.78, 5) is 4.66. The van der Waals surface area contributed by atoms with E-state index in [0.29, 0.717) is 0 Å². The van der Waals surface area contributed by atoms with Gasteiger partial charge in [0, 0.05) is 34.1 Å². The fourth-order valence-corrected chi connectivity index (χ4v) is 9.87. The summed E-state index contributed by atoms with van der Waals surface area (Å²) in [5, 5.41) is 0. The molecular formula is C67H50N2. The maximum Gasteiger partial charge on any atom is 0.0701 e. The second kappa shape index (κ2) is 19.5. The molecule has 2 nitrogen and oxygen atoms in total. The molecule has 0 aromatic heterocycles. The molecule has 0 fully saturated rings. The van der Waals surface area contributed by atoms with Crippen LogP contribution in [0.5, 0.6) is 0 Å². The summed E-state index contributed by atoms with van der Waals surface area (Å²) in [5.41, 5.74) is 17.9. The monoisotopic (exact) mass is 882 g/mol. The van der Waals surface area contributed by atoms with E-state index in [2.05, 4.69) is 313 Å². The number of rotatable bonds is 13. The molecule has 0 unspecified atom stereocenters. The molecule has 0 atom stereocenters. The van der Waals surface area contributed by atoms with Gasteiger partial charge in [0.25, 0.3) is 0 Å². The van der Waals surface area contributed by atoms with Crippen LogP contribution in [0.3, 0.4) is 0 Å². The number of nitrogens with zero attached hydrogens (tertiary/aromatic N) is 2. The minimum atomic E-state index is -0.607. The van der Waals surface area contributed by atoms with Gasteiger partial charge in [-0.15, -0.1) is 0 Å². The Hall–Kier alpha value is -8.98. The number of hydrogen-bond donors (Lipinski definition) is 0. The van der Waals surface area contributed by atoms with Gasteiger partial charge in [0.15, 0.2) is 0 Å². The van der Waals surface area contributed by atoms with E-state index in [0.717, 1.165) is 45.3 Å². The van der Waals surface area contributed by atoms with Crippen LogP contribution in [0.15, 0.2) is 303 Å². The minimum absolute atomic E-state index is 0.607. The highest BCUT2D eigenvalue weighted by Crippen LogP contribution is 2.47. The summed E-state index contributed by atoms with van der Waals surface area (Å²) in [7, 11) is 0. The second-order valence-electron chi connectivity index (χ2n) is 17.3. The molecule has 11 aromatic carbocycles. The van der Waals surface area contributed by atoms with Gasteiger partial charge in [-0.2, -0.15) is 0 Å². The Balaban J connectivity index is 0.955. The van der Waals surface area contributed by atoms with Crippen LogP contribution < -0.4 is 9.80 Å². The Morgan fingerprint density at radius 3 is 0.652 bits per heavy atom. The fourth-order valence-electron chi connectivity index (χ4n) is 9.87. The Morgan fingerprint density at radius 2 is 0.348 bits per heavy atom. The smallest absolute Gasteiger partial charge is 0.0701 e. The summed E-state index contributed by atoms with van der Waals surface area (Å²) >= 11 is 0. The summed E-state index contributed by atoms with van der Waals surface area (Å²) in [6.07, 6.45) is 0. The third kappa shape index (κ3) is 8.64. The van der Waals surface area contributed by atoms with Crippen LogP contribution in [0.1, 0.15) is 22.3 Å². The maximum absolute atomic E-state index is 2.34. The first-order chi connectivity index (χ1) is 34.2. The van der Waals surface area contributed by atoms with Gasteiger partial charge >= 0.3 is 0 Å². The minimum Gasteiger partial charge on any atom is -0.311 e. The molecule has 328 valence electrons. The second-order valence-corrected chi connectivity index (χ2v) is 17.3. The molecule has 0 radical (unpaired) electrons. The molecule has 11 rings (SSSR count). The first-order valence-corrected chi connectivity index (χ1v) is 23.7. The van der Waals surface area contributed by atoms with E-state index in [1.54, 1.807) is 0 Å². The van der Waals surface area contributed by atoms with Gasteiger partial charge in [-0.3, -0.25) is 0 Å². The van der Waals surface area contributed by atoms with Gasteiger partial charge in [0.2, 0.25) is 0 Å². The highest BCUT2D eigenvalue weighted by molar-refractivity contribution is 5.81. The summed E-state index contributed by atoms with van der Waals surface area (Å²) in [6, 6.07) is 109. The van der Waals surface area contributed by atoms with Crippen LogP contribution in [-0.4, -0.2) is 0 Å². The number of anilines is 6. The SMILES string of the molecule is c1ccc(-c2ccc(N(c3ccccc3)c3ccc(-c4ccc(C(c5ccccc5)(c5ccccc5)c5ccc(N(c6ccccc6)c6ccc(-c7ccccc7)cc6)cc5)cc4)cc3)cc2)cc1. The lowest BCUT2D eigenvalue weighted by Crippen LogP contribution is -2.31. The maximum atomic E-state index is 2.34. The molecule has 0 aliphatic rings. The van der Waals surface area contributed by atoms with Crippen LogP contribution in [0, 0.1) is 0 Å². The molecule has 11 aromatic rings. The van der Waals surface area contributed by atoms with E-state index in [4.69, 9.17) is 0 Å². The third-order valence-corrected chi connectivity index (χ3v) is 13.2. The van der Waals surface area contributed by atoms with Crippen LogP contribution >= 0.6 is 0 Å². The van der Waals surface area contributed by atoms with Crippen molar-refractivity contribution in [1.29, 1.82) is 0 Å². The highest BCUT2D eigenvalue weighted by Gasteiger charge is 2.38. The summed E-state index contributed by atoms with van der Waals surface area (Å²) in [6.45, 7) is 0. The lowest BCUT2D eigenvalue weighted by molar-refractivity contribution is 0.745. The molecular weight excluding hydrogens is 833 g/mol. The van der Waals surface area contributed by atoms with Gasteiger partial charge in [0.05, 0.1) is 5.41 Å². The Labute approximate surface area is 406 Å². The van der Waals surface area contributed by atoms with Crippen molar-refractivity contribution in [2.45, 2.75) is 5.41 Å². The number of hydrogen-bond acceptors (Lipinski definition) is 2. The van der Waals surface area contributed by atoms with Gasteiger partial charge < -0.3 is 9.80 Å². The predicted octanol–water partition coefficient (Wildman–Crippen LogP) is 18.0. The molecule has 0 aliphatic carbocycles. The van der Waals surface area contributed by atoms with Crippen LogP contribution in [0.25, 0.3) is 33.4 Å². The molecule has 0 saturated carbocycles. The number of para-hydroxylation sites is 2. The van der Waals surface area contributed by atoms with Gasteiger partial charge in [-0.1, -0.05) is 231 Å². The Morgan fingerprint density at radius 1 is 0.159 bits per heavy atom. The molecule has 69 heavy (non-hydrogen) atoms. The largest absolute Gasteiger partial charge is 0.311 e. The van der Waals surface area contributed by atoms with Crippen molar-refractivity contribution in [3.8, 4) is 33.4 Å². The Kier molecular flexibility index (Phi) is 12.0. The van der Waals surface area contributed by atoms with Crippen LogP contribution in [-0.2, 0) is 5.41 Å². The van der Waals surface area contributed by atoms with Crippen molar-refractivity contribution < 1.29 is 0 Å². The zero-order chi connectivity index (χ0) is 46.2. The molecule has 0 bridgehead atoms. The van der Waals surface area contributed by atoms with Crippen molar-refractivity contribution in [1.82, 2.24) is 0 Å². The van der Waals surface area contributed by atoms with Crippen molar-refractivity contribution >= 4 is 34.1 Å². The third-order valence-electron chi connectivity index (χ3n) is 13.2. The normalized spacial score (nSPS) is 11.2. The van der Waals surface area contributed by atoms with E-state index in [9.17, 15) is 0 Å². The zero-order valence-corrected chi connectivity index (χ0v) is 38.3. The molecule has 2 heteroatoms. The van der Waals surface area contributed by atoms with Crippen molar-refractivity contribution in [3.63, 3.8) is 0 Å². The standard InChI is InChI=1S/C67H50N2/c1-7-19-51(20-8-1)54-33-43-63(44-34-54)68(61-27-15-5-16-28-61)64-47-37-56(38-48-64)53-31-39-59(40-32-53)67(57-23-11-3-12-24-57,58-25-13-4-14-26-58)60-41-49-66(50-42-60)69(62-29-17-6-18-30-62)65-45-35-55(36-46-65)52-21-9-2-10-22-52/h1-50H. The van der Waals surface area contributed by atoms with Crippen LogP contribution in [0.4, 0.5) is 34.1 Å². The quantitative estimate of drug-likeness (QED) is 0.106. The van der Waals surface area contributed by atoms with E-state index in [-0.39, 0.29) is 0 Å². The molecule has 0 N–H and O–H groups in total. The molecule has 0 amide bonds. The highest BCUT2D eigenvalue weighted by atomic mass is 15.1. The topological polar surface area (TPSA) is 6.48 Å². The van der Waals surface area contributed by atoms with E-state index in [1.165, 1.54) is 44.5 Å². The van der Waals surface area contributed by atoms with E-state index < -0.39 is 5.41 Å². The van der Waals surface area contributed by atoms with Crippen molar-refractivity contribution in [2.24, 2.45) is 0 Å². The lowest BCUT2D eigenvalue weighted by atomic mass is 9.65. The zero-order valence-electron chi connectivity index (χ0n) is 38.3. The van der Waals surface area contributed by atoms with Gasteiger partial charge in [-0.05, 0) is 128 Å². The van der Waals surface area contributed by atoms with Gasteiger partial charge in [-0.25, -0.2) is 0 Å². The molecule has 0 heterocycles. The van der Waals surface area contributed by atoms with E-state index in [1.807, 2.05) is 0 Å². The summed E-state index contributed by atoms with van der Waals surface area (Å²) < 4.78 is 0. The first kappa shape index (κ1) is 42.6. The lowest BCUT2D eigenvalue weighted by Gasteiger charge is -2.37. The Bertz CT molecular complexity index is 3300. The predicted molar refractivity (Wildman–Crippen MR) is 290 cm³/mol. The van der Waals surface area contributed by atoms with Gasteiger partial charge in [0.1, 0.15) is 0 Å².